The molecule has 1 aromatic rings. The van der Waals surface area contributed by atoms with Gasteiger partial charge in [0.05, 0.1) is 0 Å². The monoisotopic (exact) mass is 153 g/mol. The van der Waals surface area contributed by atoms with Crippen LogP contribution >= 0.6 is 11.6 Å². The highest BCUT2D eigenvalue weighted by molar-refractivity contribution is 6.33. The lowest BCUT2D eigenvalue weighted by atomic mass is 10.1. The number of benzene rings is 1. The summed E-state index contributed by atoms with van der Waals surface area (Å²) in [7, 11) is 0. The highest BCUT2D eigenvalue weighted by Gasteiger charge is 1.97. The van der Waals surface area contributed by atoms with Crippen molar-refractivity contribution in [2.45, 2.75) is 6.92 Å². The average molecular weight is 154 g/mol. The first-order chi connectivity index (χ1) is 4.75. The molecule has 1 aromatic carbocycles. The van der Waals surface area contributed by atoms with Gasteiger partial charge in [-0.15, -0.1) is 0 Å². The third kappa shape index (κ3) is 1.19. The molecule has 0 saturated carbocycles. The Hall–Kier alpha value is -0.820. The molecule has 0 saturated heterocycles. The minimum Gasteiger partial charge on any atom is -0.308 e. The number of rotatable bonds is 1. The van der Waals surface area contributed by atoms with Crippen LogP contribution in [0.1, 0.15) is 11.1 Å². The van der Waals surface area contributed by atoms with Gasteiger partial charge in [0, 0.05) is 16.8 Å². The predicted molar refractivity (Wildman–Crippen MR) is 44.1 cm³/mol. The van der Waals surface area contributed by atoms with Gasteiger partial charge < -0.3 is 5.41 Å². The summed E-state index contributed by atoms with van der Waals surface area (Å²) in [5, 5.41) is 7.66. The Bertz CT molecular complexity index is 235. The van der Waals surface area contributed by atoms with Crippen LogP contribution in [0.5, 0.6) is 0 Å². The third-order valence-electron chi connectivity index (χ3n) is 1.42. The number of aryl methyl sites for hydroxylation is 1. The SMILES string of the molecule is Cc1cccc(Cl)c1C=N. The summed E-state index contributed by atoms with van der Waals surface area (Å²) in [6.45, 7) is 1.94. The van der Waals surface area contributed by atoms with Crippen molar-refractivity contribution in [3.05, 3.63) is 34.3 Å². The lowest BCUT2D eigenvalue weighted by Gasteiger charge is -1.99. The van der Waals surface area contributed by atoms with E-state index in [1.165, 1.54) is 6.21 Å². The van der Waals surface area contributed by atoms with Crippen LogP contribution in [-0.2, 0) is 0 Å². The molecule has 0 heterocycles. The summed E-state index contributed by atoms with van der Waals surface area (Å²) >= 11 is 5.78. The molecule has 0 bridgehead atoms. The zero-order valence-electron chi connectivity index (χ0n) is 5.69. The molecular formula is C8H8ClN. The van der Waals surface area contributed by atoms with Crippen molar-refractivity contribution in [1.29, 1.82) is 5.41 Å². The molecule has 52 valence electrons. The Balaban J connectivity index is 3.30. The topological polar surface area (TPSA) is 23.9 Å². The third-order valence-corrected chi connectivity index (χ3v) is 1.74. The molecule has 0 unspecified atom stereocenters. The number of halogens is 1. The van der Waals surface area contributed by atoms with E-state index in [2.05, 4.69) is 0 Å². The molecule has 0 spiro atoms. The predicted octanol–water partition coefficient (Wildman–Crippen LogP) is 2.65. The van der Waals surface area contributed by atoms with Crippen molar-refractivity contribution in [1.82, 2.24) is 0 Å². The molecule has 0 amide bonds. The quantitative estimate of drug-likeness (QED) is 0.600. The fourth-order valence-corrected chi connectivity index (χ4v) is 1.10. The molecule has 0 atom stereocenters. The standard InChI is InChI=1S/C8H8ClN/c1-6-3-2-4-8(9)7(6)5-10/h2-5,10H,1H3. The van der Waals surface area contributed by atoms with E-state index >= 15 is 0 Å². The molecule has 0 aliphatic rings. The Morgan fingerprint density at radius 2 is 2.20 bits per heavy atom. The maximum absolute atomic E-state index is 7.02. The first-order valence-corrected chi connectivity index (χ1v) is 3.39. The number of hydrogen-bond acceptors (Lipinski definition) is 1. The van der Waals surface area contributed by atoms with Gasteiger partial charge in [-0.25, -0.2) is 0 Å². The first-order valence-electron chi connectivity index (χ1n) is 3.01. The van der Waals surface area contributed by atoms with Crippen molar-refractivity contribution in [3.8, 4) is 0 Å². The fourth-order valence-electron chi connectivity index (χ4n) is 0.828. The lowest BCUT2D eigenvalue weighted by molar-refractivity contribution is 1.43. The minimum absolute atomic E-state index is 0.648. The molecule has 0 aliphatic carbocycles. The van der Waals surface area contributed by atoms with Gasteiger partial charge in [-0.1, -0.05) is 23.7 Å². The van der Waals surface area contributed by atoms with Gasteiger partial charge >= 0.3 is 0 Å². The van der Waals surface area contributed by atoms with Gasteiger partial charge in [0.25, 0.3) is 0 Å². The second kappa shape index (κ2) is 2.84. The smallest absolute Gasteiger partial charge is 0.0496 e. The zero-order chi connectivity index (χ0) is 7.56. The van der Waals surface area contributed by atoms with Crippen LogP contribution in [0, 0.1) is 12.3 Å². The molecule has 0 aromatic heterocycles. The molecule has 1 rings (SSSR count). The lowest BCUT2D eigenvalue weighted by Crippen LogP contribution is -1.85. The molecule has 1 nitrogen and oxygen atoms in total. The minimum atomic E-state index is 0.648. The largest absolute Gasteiger partial charge is 0.308 e. The Kier molecular flexibility index (Phi) is 2.07. The summed E-state index contributed by atoms with van der Waals surface area (Å²) < 4.78 is 0. The van der Waals surface area contributed by atoms with Crippen molar-refractivity contribution in [2.24, 2.45) is 0 Å². The highest BCUT2D eigenvalue weighted by Crippen LogP contribution is 2.16. The maximum Gasteiger partial charge on any atom is 0.0496 e. The molecule has 1 N–H and O–H groups in total. The normalized spacial score (nSPS) is 9.40. The van der Waals surface area contributed by atoms with E-state index in [-0.39, 0.29) is 0 Å². The fraction of sp³-hybridized carbons (Fsp3) is 0.125. The van der Waals surface area contributed by atoms with Crippen LogP contribution in [0.3, 0.4) is 0 Å². The van der Waals surface area contributed by atoms with Crippen LogP contribution in [0.25, 0.3) is 0 Å². The molecule has 0 fully saturated rings. The van der Waals surface area contributed by atoms with E-state index in [4.69, 9.17) is 17.0 Å². The van der Waals surface area contributed by atoms with Gasteiger partial charge in [0.15, 0.2) is 0 Å². The Morgan fingerprint density at radius 3 is 2.60 bits per heavy atom. The van der Waals surface area contributed by atoms with Gasteiger partial charge in [0.2, 0.25) is 0 Å². The molecule has 2 heteroatoms. The number of nitrogens with one attached hydrogen (secondary N) is 1. The van der Waals surface area contributed by atoms with E-state index in [1.807, 2.05) is 19.1 Å². The van der Waals surface area contributed by atoms with Crippen molar-refractivity contribution in [2.75, 3.05) is 0 Å². The summed E-state index contributed by atoms with van der Waals surface area (Å²) in [6.07, 6.45) is 1.28. The van der Waals surface area contributed by atoms with E-state index in [0.29, 0.717) is 5.02 Å². The van der Waals surface area contributed by atoms with Crippen molar-refractivity contribution >= 4 is 17.8 Å². The van der Waals surface area contributed by atoms with E-state index in [9.17, 15) is 0 Å². The molecular weight excluding hydrogens is 146 g/mol. The number of hydrogen-bond donors (Lipinski definition) is 1. The summed E-state index contributed by atoms with van der Waals surface area (Å²) in [5.74, 6) is 0. The second-order valence-electron chi connectivity index (χ2n) is 2.11. The average Bonchev–Trinajstić information content (AvgIpc) is 1.88. The second-order valence-corrected chi connectivity index (χ2v) is 2.52. The molecule has 0 aliphatic heterocycles. The van der Waals surface area contributed by atoms with Crippen LogP contribution in [0.15, 0.2) is 18.2 Å². The van der Waals surface area contributed by atoms with Crippen LogP contribution in [0.2, 0.25) is 5.02 Å². The molecule has 0 radical (unpaired) electrons. The van der Waals surface area contributed by atoms with E-state index < -0.39 is 0 Å². The van der Waals surface area contributed by atoms with Gasteiger partial charge in [0.1, 0.15) is 0 Å². The molecule has 10 heavy (non-hydrogen) atoms. The van der Waals surface area contributed by atoms with E-state index in [0.717, 1.165) is 11.1 Å². The zero-order valence-corrected chi connectivity index (χ0v) is 6.44. The van der Waals surface area contributed by atoms with Crippen LogP contribution < -0.4 is 0 Å². The van der Waals surface area contributed by atoms with E-state index in [1.54, 1.807) is 6.07 Å². The van der Waals surface area contributed by atoms with Crippen LogP contribution in [-0.4, -0.2) is 6.21 Å². The van der Waals surface area contributed by atoms with Gasteiger partial charge in [-0.3, -0.25) is 0 Å². The van der Waals surface area contributed by atoms with Crippen LogP contribution in [0.4, 0.5) is 0 Å². The highest BCUT2D eigenvalue weighted by atomic mass is 35.5. The summed E-state index contributed by atoms with van der Waals surface area (Å²) in [4.78, 5) is 0. The van der Waals surface area contributed by atoms with Gasteiger partial charge in [-0.05, 0) is 18.6 Å². The van der Waals surface area contributed by atoms with Crippen molar-refractivity contribution in [3.63, 3.8) is 0 Å². The van der Waals surface area contributed by atoms with Crippen molar-refractivity contribution < 1.29 is 0 Å². The first kappa shape index (κ1) is 7.29. The summed E-state index contributed by atoms with van der Waals surface area (Å²) in [5.41, 5.74) is 1.85. The summed E-state index contributed by atoms with van der Waals surface area (Å²) in [6, 6.07) is 5.60. The van der Waals surface area contributed by atoms with Gasteiger partial charge in [-0.2, -0.15) is 0 Å². The Labute approximate surface area is 65.1 Å². The Morgan fingerprint density at radius 1 is 1.50 bits per heavy atom. The maximum atomic E-state index is 7.02.